The van der Waals surface area contributed by atoms with Gasteiger partial charge in [0, 0.05) is 11.8 Å². The van der Waals surface area contributed by atoms with Crippen LogP contribution in [0, 0.1) is 0 Å². The summed E-state index contributed by atoms with van der Waals surface area (Å²) in [5, 5.41) is 6.40. The van der Waals surface area contributed by atoms with Crippen molar-refractivity contribution in [3.05, 3.63) is 76.0 Å². The fourth-order valence-electron chi connectivity index (χ4n) is 2.49. The van der Waals surface area contributed by atoms with Crippen molar-refractivity contribution in [2.45, 2.75) is 16.5 Å². The van der Waals surface area contributed by atoms with Crippen LogP contribution >= 0.6 is 11.6 Å². The third-order valence-corrected chi connectivity index (χ3v) is 5.86. The van der Waals surface area contributed by atoms with Gasteiger partial charge in [-0.2, -0.15) is 5.10 Å². The Kier molecular flexibility index (Phi) is 6.00. The Balaban J connectivity index is 1.83. The molecule has 0 unspecified atom stereocenters. The second kappa shape index (κ2) is 8.46. The van der Waals surface area contributed by atoms with E-state index < -0.39 is 27.8 Å². The maximum Gasteiger partial charge on any atom is 0.267 e. The van der Waals surface area contributed by atoms with Crippen molar-refractivity contribution in [3.63, 3.8) is 0 Å². The van der Waals surface area contributed by atoms with Gasteiger partial charge in [-0.15, -0.1) is 0 Å². The molecule has 10 heteroatoms. The number of carbonyl (C=O) groups excluding carboxylic acids is 1. The number of amides is 1. The van der Waals surface area contributed by atoms with Gasteiger partial charge in [0.15, 0.2) is 5.03 Å². The monoisotopic (exact) mass is 433 g/mol. The molecule has 0 aliphatic heterocycles. The summed E-state index contributed by atoms with van der Waals surface area (Å²) in [5.41, 5.74) is -0.221. The molecule has 0 saturated carbocycles. The Labute approximate surface area is 171 Å². The van der Waals surface area contributed by atoms with Crippen LogP contribution < -0.4 is 15.6 Å². The van der Waals surface area contributed by atoms with Gasteiger partial charge >= 0.3 is 0 Å². The van der Waals surface area contributed by atoms with E-state index in [9.17, 15) is 18.0 Å². The number of aromatic nitrogens is 2. The molecule has 3 rings (SSSR count). The highest BCUT2D eigenvalue weighted by atomic mass is 35.5. The predicted molar refractivity (Wildman–Crippen MR) is 107 cm³/mol. The lowest BCUT2D eigenvalue weighted by Gasteiger charge is -2.10. The van der Waals surface area contributed by atoms with Crippen LogP contribution in [0.1, 0.15) is 0 Å². The number of nitrogens with one attached hydrogen (secondary N) is 1. The summed E-state index contributed by atoms with van der Waals surface area (Å²) in [5.74, 6) is -0.128. The van der Waals surface area contributed by atoms with Gasteiger partial charge in [-0.3, -0.25) is 9.59 Å². The van der Waals surface area contributed by atoms with Crippen LogP contribution in [-0.4, -0.2) is 31.2 Å². The number of benzene rings is 2. The van der Waals surface area contributed by atoms with Gasteiger partial charge in [-0.1, -0.05) is 29.8 Å². The Morgan fingerprint density at radius 2 is 1.86 bits per heavy atom. The number of sulfone groups is 1. The zero-order valence-electron chi connectivity index (χ0n) is 15.2. The molecule has 8 nitrogen and oxygen atoms in total. The summed E-state index contributed by atoms with van der Waals surface area (Å²) < 4.78 is 31.2. The first-order valence-electron chi connectivity index (χ1n) is 8.33. The summed E-state index contributed by atoms with van der Waals surface area (Å²) in [6.07, 6.45) is 0. The maximum absolute atomic E-state index is 12.7. The molecule has 150 valence electrons. The molecular formula is C19H16ClN3O5S. The number of ether oxygens (including phenoxy) is 1. The van der Waals surface area contributed by atoms with Crippen LogP contribution in [0.4, 0.5) is 5.69 Å². The van der Waals surface area contributed by atoms with Crippen LogP contribution in [-0.2, 0) is 21.2 Å². The van der Waals surface area contributed by atoms with Crippen molar-refractivity contribution >= 4 is 33.0 Å². The van der Waals surface area contributed by atoms with Crippen LogP contribution in [0.3, 0.4) is 0 Å². The topological polar surface area (TPSA) is 107 Å². The molecule has 1 heterocycles. The normalized spacial score (nSPS) is 11.1. The van der Waals surface area contributed by atoms with Crippen molar-refractivity contribution in [2.24, 2.45) is 0 Å². The molecule has 1 aromatic heterocycles. The molecule has 0 saturated heterocycles. The number of rotatable bonds is 6. The lowest BCUT2D eigenvalue weighted by molar-refractivity contribution is -0.117. The molecular weight excluding hydrogens is 418 g/mol. The van der Waals surface area contributed by atoms with E-state index in [1.807, 2.05) is 0 Å². The fraction of sp³-hybridized carbons (Fsp3) is 0.105. The molecule has 29 heavy (non-hydrogen) atoms. The van der Waals surface area contributed by atoms with Gasteiger partial charge in [-0.05, 0) is 36.4 Å². The number of hydrogen-bond donors (Lipinski definition) is 1. The first-order chi connectivity index (χ1) is 13.8. The van der Waals surface area contributed by atoms with E-state index in [2.05, 4.69) is 10.4 Å². The molecule has 1 amide bonds. The van der Waals surface area contributed by atoms with Gasteiger partial charge in [-0.25, -0.2) is 13.1 Å². The summed E-state index contributed by atoms with van der Waals surface area (Å²) in [6, 6.07) is 14.5. The quantitative estimate of drug-likeness (QED) is 0.639. The van der Waals surface area contributed by atoms with E-state index in [1.165, 1.54) is 25.3 Å². The average Bonchev–Trinajstić information content (AvgIpc) is 2.70. The minimum Gasteiger partial charge on any atom is -0.495 e. The zero-order chi connectivity index (χ0) is 21.0. The predicted octanol–water partition coefficient (Wildman–Crippen LogP) is 2.38. The smallest absolute Gasteiger partial charge is 0.267 e. The third-order valence-electron chi connectivity index (χ3n) is 3.90. The van der Waals surface area contributed by atoms with Crippen LogP contribution in [0.2, 0.25) is 5.02 Å². The van der Waals surface area contributed by atoms with Crippen molar-refractivity contribution in [1.82, 2.24) is 9.78 Å². The lowest BCUT2D eigenvalue weighted by Crippen LogP contribution is -2.30. The second-order valence-corrected chi connectivity index (χ2v) is 8.19. The van der Waals surface area contributed by atoms with E-state index in [0.717, 1.165) is 16.8 Å². The summed E-state index contributed by atoms with van der Waals surface area (Å²) in [4.78, 5) is 24.4. The summed E-state index contributed by atoms with van der Waals surface area (Å²) in [7, 11) is -2.45. The molecule has 2 aromatic carbocycles. The third kappa shape index (κ3) is 4.64. The Bertz CT molecular complexity index is 1210. The molecule has 0 spiro atoms. The van der Waals surface area contributed by atoms with Gasteiger partial charge < -0.3 is 10.1 Å². The number of halogens is 1. The van der Waals surface area contributed by atoms with E-state index in [1.54, 1.807) is 30.3 Å². The molecule has 1 N–H and O–H groups in total. The number of methoxy groups -OCH3 is 1. The number of carbonyl (C=O) groups is 1. The average molecular weight is 434 g/mol. The second-order valence-electron chi connectivity index (χ2n) is 5.88. The first-order valence-corrected chi connectivity index (χ1v) is 10.2. The first kappa shape index (κ1) is 20.6. The van der Waals surface area contributed by atoms with Gasteiger partial charge in [0.1, 0.15) is 12.3 Å². The SMILES string of the molecule is COc1ccc(NC(=O)Cn2nc(S(=O)(=O)c3ccccc3)ccc2=O)cc1Cl. The molecule has 0 atom stereocenters. The van der Waals surface area contributed by atoms with Crippen molar-refractivity contribution in [2.75, 3.05) is 12.4 Å². The van der Waals surface area contributed by atoms with E-state index >= 15 is 0 Å². The molecule has 0 aliphatic carbocycles. The summed E-state index contributed by atoms with van der Waals surface area (Å²) >= 11 is 6.02. The van der Waals surface area contributed by atoms with E-state index in [0.29, 0.717) is 16.5 Å². The highest BCUT2D eigenvalue weighted by Crippen LogP contribution is 2.27. The Morgan fingerprint density at radius 3 is 2.52 bits per heavy atom. The van der Waals surface area contributed by atoms with E-state index in [-0.39, 0.29) is 9.92 Å². The van der Waals surface area contributed by atoms with Crippen LogP contribution in [0.15, 0.2) is 75.4 Å². The highest BCUT2D eigenvalue weighted by Gasteiger charge is 2.20. The number of hydrogen-bond acceptors (Lipinski definition) is 6. The van der Waals surface area contributed by atoms with Crippen LogP contribution in [0.5, 0.6) is 5.75 Å². The minimum atomic E-state index is -3.92. The highest BCUT2D eigenvalue weighted by molar-refractivity contribution is 7.91. The minimum absolute atomic E-state index is 0.0371. The van der Waals surface area contributed by atoms with Crippen LogP contribution in [0.25, 0.3) is 0 Å². The Hall–Kier alpha value is -3.17. The number of anilines is 1. The van der Waals surface area contributed by atoms with Gasteiger partial charge in [0.2, 0.25) is 15.7 Å². The standard InChI is InChI=1S/C19H16ClN3O5S/c1-28-16-8-7-13(11-15(16)20)21-17(24)12-23-19(25)10-9-18(22-23)29(26,27)14-5-3-2-4-6-14/h2-11H,12H2,1H3,(H,21,24). The maximum atomic E-state index is 12.7. The summed E-state index contributed by atoms with van der Waals surface area (Å²) in [6.45, 7) is -0.472. The Morgan fingerprint density at radius 1 is 1.14 bits per heavy atom. The molecule has 0 fully saturated rings. The lowest BCUT2D eigenvalue weighted by atomic mass is 10.3. The van der Waals surface area contributed by atoms with E-state index in [4.69, 9.17) is 16.3 Å². The van der Waals surface area contributed by atoms with Crippen molar-refractivity contribution in [3.8, 4) is 5.75 Å². The largest absolute Gasteiger partial charge is 0.495 e. The van der Waals surface area contributed by atoms with Gasteiger partial charge in [0.05, 0.1) is 17.0 Å². The molecule has 0 aliphatic rings. The molecule has 0 radical (unpaired) electrons. The zero-order valence-corrected chi connectivity index (χ0v) is 16.8. The molecule has 0 bridgehead atoms. The number of nitrogens with zero attached hydrogens (tertiary/aromatic N) is 2. The molecule has 3 aromatic rings. The van der Waals surface area contributed by atoms with Gasteiger partial charge in [0.25, 0.3) is 5.56 Å². The fourth-order valence-corrected chi connectivity index (χ4v) is 3.96. The van der Waals surface area contributed by atoms with Crippen molar-refractivity contribution in [1.29, 1.82) is 0 Å². The van der Waals surface area contributed by atoms with Crippen molar-refractivity contribution < 1.29 is 17.9 Å².